The van der Waals surface area contributed by atoms with Crippen molar-refractivity contribution >= 4 is 11.7 Å². The molecule has 2 rings (SSSR count). The molecule has 0 aliphatic rings. The summed E-state index contributed by atoms with van der Waals surface area (Å²) in [4.78, 5) is 10.7. The first-order chi connectivity index (χ1) is 9.06. The van der Waals surface area contributed by atoms with Crippen LogP contribution in [-0.4, -0.2) is 11.1 Å². The monoisotopic (exact) mass is 259 g/mol. The molecule has 0 fully saturated rings. The maximum atomic E-state index is 10.7. The van der Waals surface area contributed by atoms with Gasteiger partial charge in [-0.1, -0.05) is 26.0 Å². The molecule has 0 aliphatic heterocycles. The third kappa shape index (κ3) is 3.37. The Labute approximate surface area is 112 Å². The van der Waals surface area contributed by atoms with Crippen LogP contribution in [0.5, 0.6) is 0 Å². The maximum absolute atomic E-state index is 10.7. The molecule has 0 saturated carbocycles. The van der Waals surface area contributed by atoms with Gasteiger partial charge in [0.2, 0.25) is 0 Å². The summed E-state index contributed by atoms with van der Waals surface area (Å²) in [5.41, 5.74) is 2.45. The van der Waals surface area contributed by atoms with Crippen LogP contribution in [0.15, 0.2) is 41.0 Å². The van der Waals surface area contributed by atoms with Crippen molar-refractivity contribution in [1.82, 2.24) is 0 Å². The average molecular weight is 259 g/mol. The zero-order valence-corrected chi connectivity index (χ0v) is 11.0. The Kier molecular flexibility index (Phi) is 3.90. The molecule has 1 aromatic carbocycles. The zero-order valence-electron chi connectivity index (χ0n) is 11.0. The Morgan fingerprint density at radius 3 is 2.53 bits per heavy atom. The lowest BCUT2D eigenvalue weighted by Gasteiger charge is -2.08. The molecule has 0 atom stereocenters. The van der Waals surface area contributed by atoms with Gasteiger partial charge in [0.15, 0.2) is 0 Å². The number of nitrogens with one attached hydrogen (secondary N) is 1. The molecule has 0 radical (unpaired) electrons. The first-order valence-electron chi connectivity index (χ1n) is 6.21. The summed E-state index contributed by atoms with van der Waals surface area (Å²) in [6, 6.07) is 9.71. The van der Waals surface area contributed by atoms with E-state index in [1.54, 1.807) is 0 Å². The molecule has 4 nitrogen and oxygen atoms in total. The fraction of sp³-hybridized carbons (Fsp3) is 0.267. The second-order valence-electron chi connectivity index (χ2n) is 4.74. The van der Waals surface area contributed by atoms with Gasteiger partial charge >= 0.3 is 5.97 Å². The van der Waals surface area contributed by atoms with Gasteiger partial charge in [-0.15, -0.1) is 0 Å². The van der Waals surface area contributed by atoms with E-state index in [1.807, 2.05) is 12.1 Å². The topological polar surface area (TPSA) is 62.5 Å². The number of carboxylic acids is 1. The molecule has 0 bridgehead atoms. The lowest BCUT2D eigenvalue weighted by atomic mass is 10.0. The molecule has 2 N–H and O–H groups in total. The SMILES string of the molecule is CC(C)c1ccc(NCc2cc(C(=O)O)co2)cc1. The summed E-state index contributed by atoms with van der Waals surface area (Å²) in [7, 11) is 0. The van der Waals surface area contributed by atoms with E-state index < -0.39 is 5.97 Å². The van der Waals surface area contributed by atoms with Crippen LogP contribution in [-0.2, 0) is 6.54 Å². The molecule has 1 heterocycles. The number of hydrogen-bond donors (Lipinski definition) is 2. The highest BCUT2D eigenvalue weighted by Crippen LogP contribution is 2.18. The van der Waals surface area contributed by atoms with E-state index in [2.05, 4.69) is 31.3 Å². The van der Waals surface area contributed by atoms with Gasteiger partial charge in [-0.3, -0.25) is 0 Å². The van der Waals surface area contributed by atoms with Gasteiger partial charge < -0.3 is 14.8 Å². The molecular formula is C15H17NO3. The number of carbonyl (C=O) groups is 1. The van der Waals surface area contributed by atoms with Crippen LogP contribution in [0.4, 0.5) is 5.69 Å². The largest absolute Gasteiger partial charge is 0.478 e. The number of benzene rings is 1. The molecule has 0 amide bonds. The Morgan fingerprint density at radius 1 is 1.32 bits per heavy atom. The third-order valence-corrected chi connectivity index (χ3v) is 2.94. The van der Waals surface area contributed by atoms with E-state index in [-0.39, 0.29) is 5.56 Å². The Morgan fingerprint density at radius 2 is 2.00 bits per heavy atom. The van der Waals surface area contributed by atoms with Crippen LogP contribution in [0.25, 0.3) is 0 Å². The molecule has 0 spiro atoms. The van der Waals surface area contributed by atoms with Crippen LogP contribution >= 0.6 is 0 Å². The van der Waals surface area contributed by atoms with Gasteiger partial charge in [-0.25, -0.2) is 4.79 Å². The second-order valence-corrected chi connectivity index (χ2v) is 4.74. The lowest BCUT2D eigenvalue weighted by Crippen LogP contribution is -1.99. The number of hydrogen-bond acceptors (Lipinski definition) is 3. The zero-order chi connectivity index (χ0) is 13.8. The first-order valence-corrected chi connectivity index (χ1v) is 6.21. The molecule has 0 saturated heterocycles. The summed E-state index contributed by atoms with van der Waals surface area (Å²) >= 11 is 0. The summed E-state index contributed by atoms with van der Waals surface area (Å²) in [6.45, 7) is 4.77. The van der Waals surface area contributed by atoms with Crippen LogP contribution in [0.3, 0.4) is 0 Å². The van der Waals surface area contributed by atoms with Gasteiger partial charge in [0.25, 0.3) is 0 Å². The van der Waals surface area contributed by atoms with E-state index in [1.165, 1.54) is 17.9 Å². The van der Waals surface area contributed by atoms with Crippen molar-refractivity contribution in [2.24, 2.45) is 0 Å². The van der Waals surface area contributed by atoms with Crippen molar-refractivity contribution in [3.8, 4) is 0 Å². The van der Waals surface area contributed by atoms with E-state index in [0.717, 1.165) is 5.69 Å². The van der Waals surface area contributed by atoms with Gasteiger partial charge in [-0.05, 0) is 29.7 Å². The summed E-state index contributed by atoms with van der Waals surface area (Å²) in [5.74, 6) is 0.138. The fourth-order valence-electron chi connectivity index (χ4n) is 1.76. The Bertz CT molecular complexity index is 555. The summed E-state index contributed by atoms with van der Waals surface area (Å²) in [6.07, 6.45) is 1.25. The minimum atomic E-state index is -0.976. The van der Waals surface area contributed by atoms with Crippen molar-refractivity contribution in [3.63, 3.8) is 0 Å². The molecule has 4 heteroatoms. The number of aromatic carboxylic acids is 1. The van der Waals surface area contributed by atoms with Crippen molar-refractivity contribution in [3.05, 3.63) is 53.5 Å². The van der Waals surface area contributed by atoms with Crippen LogP contribution in [0.2, 0.25) is 0 Å². The average Bonchev–Trinajstić information content (AvgIpc) is 2.86. The second kappa shape index (κ2) is 5.61. The quantitative estimate of drug-likeness (QED) is 0.859. The summed E-state index contributed by atoms with van der Waals surface area (Å²) in [5, 5.41) is 12.0. The highest BCUT2D eigenvalue weighted by Gasteiger charge is 2.07. The number of anilines is 1. The van der Waals surface area contributed by atoms with Gasteiger partial charge in [0, 0.05) is 5.69 Å². The van der Waals surface area contributed by atoms with Gasteiger partial charge in [0.05, 0.1) is 12.1 Å². The molecule has 100 valence electrons. The van der Waals surface area contributed by atoms with Crippen molar-refractivity contribution in [2.75, 3.05) is 5.32 Å². The van der Waals surface area contributed by atoms with Gasteiger partial charge in [-0.2, -0.15) is 0 Å². The number of furan rings is 1. The van der Waals surface area contributed by atoms with Crippen LogP contribution < -0.4 is 5.32 Å². The predicted octanol–water partition coefficient (Wildman–Crippen LogP) is 3.71. The van der Waals surface area contributed by atoms with Crippen molar-refractivity contribution in [2.45, 2.75) is 26.3 Å². The van der Waals surface area contributed by atoms with Crippen LogP contribution in [0, 0.1) is 0 Å². The molecule has 19 heavy (non-hydrogen) atoms. The van der Waals surface area contributed by atoms with Crippen molar-refractivity contribution in [1.29, 1.82) is 0 Å². The molecular weight excluding hydrogens is 242 g/mol. The van der Waals surface area contributed by atoms with Gasteiger partial charge in [0.1, 0.15) is 12.0 Å². The van der Waals surface area contributed by atoms with E-state index in [4.69, 9.17) is 9.52 Å². The minimum absolute atomic E-state index is 0.173. The smallest absolute Gasteiger partial charge is 0.338 e. The Balaban J connectivity index is 1.96. The molecule has 0 aliphatic carbocycles. The maximum Gasteiger partial charge on any atom is 0.338 e. The highest BCUT2D eigenvalue weighted by atomic mass is 16.4. The van der Waals surface area contributed by atoms with E-state index >= 15 is 0 Å². The van der Waals surface area contributed by atoms with Crippen LogP contribution in [0.1, 0.15) is 41.4 Å². The highest BCUT2D eigenvalue weighted by molar-refractivity contribution is 5.87. The normalized spacial score (nSPS) is 10.7. The van der Waals surface area contributed by atoms with Crippen molar-refractivity contribution < 1.29 is 14.3 Å². The lowest BCUT2D eigenvalue weighted by molar-refractivity contribution is 0.0696. The number of carboxylic acid groups (broad SMARTS) is 1. The summed E-state index contributed by atoms with van der Waals surface area (Å²) < 4.78 is 5.17. The molecule has 2 aromatic rings. The van der Waals surface area contributed by atoms with E-state index in [0.29, 0.717) is 18.2 Å². The Hall–Kier alpha value is -2.23. The number of rotatable bonds is 5. The third-order valence-electron chi connectivity index (χ3n) is 2.94. The fourth-order valence-corrected chi connectivity index (χ4v) is 1.76. The first kappa shape index (κ1) is 13.2. The minimum Gasteiger partial charge on any atom is -0.478 e. The standard InChI is InChI=1S/C15H17NO3/c1-10(2)11-3-5-13(6-4-11)16-8-14-7-12(9-19-14)15(17)18/h3-7,9-10,16H,8H2,1-2H3,(H,17,18). The molecule has 1 aromatic heterocycles. The molecule has 0 unspecified atom stereocenters. The van der Waals surface area contributed by atoms with E-state index in [9.17, 15) is 4.79 Å². The predicted molar refractivity (Wildman–Crippen MR) is 73.5 cm³/mol.